The van der Waals surface area contributed by atoms with Gasteiger partial charge in [0.25, 0.3) is 10.0 Å². The van der Waals surface area contributed by atoms with Crippen LogP contribution in [0.1, 0.15) is 31.1 Å². The van der Waals surface area contributed by atoms with E-state index in [1.54, 1.807) is 20.8 Å². The van der Waals surface area contributed by atoms with Crippen molar-refractivity contribution in [3.8, 4) is 11.4 Å². The molecule has 13 heteroatoms. The van der Waals surface area contributed by atoms with Gasteiger partial charge >= 0.3 is 12.1 Å². The normalized spacial score (nSPS) is 14.0. The molecule has 0 bridgehead atoms. The molecule has 0 unspecified atom stereocenters. The molecule has 11 nitrogen and oxygen atoms in total. The maximum absolute atomic E-state index is 13.2. The fourth-order valence-electron chi connectivity index (χ4n) is 3.53. The largest absolute Gasteiger partial charge is 0.487 e. The third-order valence-electron chi connectivity index (χ3n) is 5.40. The predicted molar refractivity (Wildman–Crippen MR) is 134 cm³/mol. The molecule has 1 fully saturated rings. The molecule has 202 valence electrons. The predicted octanol–water partition coefficient (Wildman–Crippen LogP) is 3.60. The van der Waals surface area contributed by atoms with Crippen molar-refractivity contribution in [1.29, 1.82) is 0 Å². The number of likely N-dealkylation sites (tertiary alicyclic amines) is 1. The Hall–Kier alpha value is -4.13. The third kappa shape index (κ3) is 6.22. The SMILES string of the molecule is COC(=O)c1cc(OC2CN(C(=O)OC(C)(C)C)C2)ccc1NS(=O)(=O)c1cnn(-c2ccc(F)cc2)c1. The highest BCUT2D eigenvalue weighted by atomic mass is 32.2. The molecule has 0 saturated carbocycles. The Kier molecular flexibility index (Phi) is 7.31. The van der Waals surface area contributed by atoms with Gasteiger partial charge in [0, 0.05) is 0 Å². The van der Waals surface area contributed by atoms with Crippen molar-refractivity contribution in [2.24, 2.45) is 0 Å². The third-order valence-corrected chi connectivity index (χ3v) is 6.72. The molecule has 1 amide bonds. The minimum Gasteiger partial charge on any atom is -0.487 e. The van der Waals surface area contributed by atoms with Gasteiger partial charge in [0.05, 0.1) is 49.5 Å². The first-order chi connectivity index (χ1) is 17.8. The second-order valence-corrected chi connectivity index (χ2v) is 11.2. The molecule has 1 aliphatic heterocycles. The summed E-state index contributed by atoms with van der Waals surface area (Å²) < 4.78 is 58.9. The number of carbonyl (C=O) groups is 2. The first-order valence-electron chi connectivity index (χ1n) is 11.5. The van der Waals surface area contributed by atoms with Crippen LogP contribution in [0.15, 0.2) is 59.8 Å². The number of methoxy groups -OCH3 is 1. The zero-order valence-electron chi connectivity index (χ0n) is 21.2. The minimum absolute atomic E-state index is 0.0253. The number of aromatic nitrogens is 2. The van der Waals surface area contributed by atoms with Crippen molar-refractivity contribution in [2.45, 2.75) is 37.4 Å². The van der Waals surface area contributed by atoms with Crippen LogP contribution in [0.2, 0.25) is 0 Å². The van der Waals surface area contributed by atoms with E-state index >= 15 is 0 Å². The fraction of sp³-hybridized carbons (Fsp3) is 0.320. The number of esters is 1. The molecule has 0 spiro atoms. The lowest BCUT2D eigenvalue weighted by atomic mass is 10.1. The van der Waals surface area contributed by atoms with Crippen LogP contribution in [-0.2, 0) is 19.5 Å². The first kappa shape index (κ1) is 26.9. The molecule has 2 aromatic carbocycles. The summed E-state index contributed by atoms with van der Waals surface area (Å²) in [5.74, 6) is -0.915. The number of carbonyl (C=O) groups excluding carboxylic acids is 2. The van der Waals surface area contributed by atoms with E-state index in [2.05, 4.69) is 9.82 Å². The van der Waals surface area contributed by atoms with Gasteiger partial charge < -0.3 is 19.1 Å². The number of ether oxygens (including phenoxy) is 3. The number of hydrogen-bond donors (Lipinski definition) is 1. The van der Waals surface area contributed by atoms with Crippen LogP contribution >= 0.6 is 0 Å². The number of halogens is 1. The highest BCUT2D eigenvalue weighted by Gasteiger charge is 2.35. The number of anilines is 1. The summed E-state index contributed by atoms with van der Waals surface area (Å²) in [6.07, 6.45) is 1.62. The smallest absolute Gasteiger partial charge is 0.410 e. The molecule has 4 rings (SSSR count). The molecule has 3 aromatic rings. The zero-order valence-corrected chi connectivity index (χ0v) is 22.0. The highest BCUT2D eigenvalue weighted by Crippen LogP contribution is 2.28. The standard InChI is InChI=1S/C25H27FN4O7S/c1-25(2,3)37-24(32)29-13-19(14-29)36-18-9-10-22(21(11-18)23(31)35-4)28-38(33,34)20-12-27-30(15-20)17-7-5-16(26)6-8-17/h5-12,15,19,28H,13-14H2,1-4H3. The molecular weight excluding hydrogens is 519 g/mol. The topological polar surface area (TPSA) is 129 Å². The maximum Gasteiger partial charge on any atom is 0.410 e. The van der Waals surface area contributed by atoms with E-state index in [9.17, 15) is 22.4 Å². The number of sulfonamides is 1. The summed E-state index contributed by atoms with van der Waals surface area (Å²) in [5.41, 5.74) is -0.238. The van der Waals surface area contributed by atoms with Crippen LogP contribution < -0.4 is 9.46 Å². The van der Waals surface area contributed by atoms with E-state index in [0.29, 0.717) is 24.5 Å². The molecule has 1 aliphatic rings. The molecule has 1 aromatic heterocycles. The number of nitrogens with zero attached hydrogens (tertiary/aromatic N) is 3. The quantitative estimate of drug-likeness (QED) is 0.445. The molecule has 0 aliphatic carbocycles. The van der Waals surface area contributed by atoms with Crippen LogP contribution in [0.3, 0.4) is 0 Å². The summed E-state index contributed by atoms with van der Waals surface area (Å²) in [5, 5.41) is 4.02. The monoisotopic (exact) mass is 546 g/mol. The van der Waals surface area contributed by atoms with E-state index in [4.69, 9.17) is 14.2 Å². The summed E-state index contributed by atoms with van der Waals surface area (Å²) in [4.78, 5) is 25.9. The Balaban J connectivity index is 1.47. The van der Waals surface area contributed by atoms with Crippen LogP contribution in [0.5, 0.6) is 5.75 Å². The Morgan fingerprint density at radius 3 is 2.42 bits per heavy atom. The van der Waals surface area contributed by atoms with Crippen molar-refractivity contribution < 1.29 is 36.6 Å². The first-order valence-corrected chi connectivity index (χ1v) is 13.0. The van der Waals surface area contributed by atoms with Crippen LogP contribution in [0.4, 0.5) is 14.9 Å². The molecule has 1 saturated heterocycles. The summed E-state index contributed by atoms with van der Waals surface area (Å²) in [7, 11) is -2.98. The Bertz CT molecular complexity index is 1440. The Labute approximate surface area is 219 Å². The Morgan fingerprint density at radius 2 is 1.79 bits per heavy atom. The van der Waals surface area contributed by atoms with Gasteiger partial charge in [-0.15, -0.1) is 0 Å². The molecule has 38 heavy (non-hydrogen) atoms. The van der Waals surface area contributed by atoms with Crippen LogP contribution in [0, 0.1) is 5.82 Å². The molecule has 0 radical (unpaired) electrons. The van der Waals surface area contributed by atoms with E-state index < -0.39 is 33.5 Å². The summed E-state index contributed by atoms with van der Waals surface area (Å²) in [6.45, 7) is 5.94. The zero-order chi connectivity index (χ0) is 27.7. The summed E-state index contributed by atoms with van der Waals surface area (Å²) >= 11 is 0. The number of nitrogens with one attached hydrogen (secondary N) is 1. The highest BCUT2D eigenvalue weighted by molar-refractivity contribution is 7.92. The van der Waals surface area contributed by atoms with E-state index in [1.807, 2.05) is 0 Å². The maximum atomic E-state index is 13.2. The minimum atomic E-state index is -4.15. The summed E-state index contributed by atoms with van der Waals surface area (Å²) in [6, 6.07) is 9.62. The average Bonchev–Trinajstić information content (AvgIpc) is 3.32. The van der Waals surface area contributed by atoms with Gasteiger partial charge in [-0.2, -0.15) is 5.10 Å². The van der Waals surface area contributed by atoms with Crippen LogP contribution in [0.25, 0.3) is 5.69 Å². The lowest BCUT2D eigenvalue weighted by Gasteiger charge is -2.39. The van der Waals surface area contributed by atoms with Gasteiger partial charge in [-0.25, -0.2) is 27.1 Å². The lowest BCUT2D eigenvalue weighted by molar-refractivity contribution is -0.0221. The number of hydrogen-bond acceptors (Lipinski definition) is 8. The molecule has 2 heterocycles. The second-order valence-electron chi connectivity index (χ2n) is 9.53. The number of amides is 1. The lowest BCUT2D eigenvalue weighted by Crippen LogP contribution is -2.57. The fourth-order valence-corrected chi connectivity index (χ4v) is 4.54. The van der Waals surface area contributed by atoms with E-state index in [1.165, 1.54) is 65.4 Å². The van der Waals surface area contributed by atoms with Crippen molar-refractivity contribution in [2.75, 3.05) is 24.9 Å². The van der Waals surface area contributed by atoms with E-state index in [-0.39, 0.29) is 22.3 Å². The van der Waals surface area contributed by atoms with Gasteiger partial charge in [0.15, 0.2) is 0 Å². The Morgan fingerprint density at radius 1 is 1.11 bits per heavy atom. The molecular formula is C25H27FN4O7S. The van der Waals surface area contributed by atoms with Crippen molar-refractivity contribution in [3.05, 3.63) is 66.2 Å². The molecule has 0 atom stereocenters. The van der Waals surface area contributed by atoms with Crippen molar-refractivity contribution >= 4 is 27.8 Å². The number of rotatable bonds is 7. The second kappa shape index (κ2) is 10.3. The average molecular weight is 547 g/mol. The van der Waals surface area contributed by atoms with E-state index in [0.717, 1.165) is 6.20 Å². The van der Waals surface area contributed by atoms with Gasteiger partial charge in [-0.3, -0.25) is 4.72 Å². The van der Waals surface area contributed by atoms with Gasteiger partial charge in [0.2, 0.25) is 0 Å². The van der Waals surface area contributed by atoms with Crippen LogP contribution in [-0.4, -0.2) is 67.1 Å². The van der Waals surface area contributed by atoms with Gasteiger partial charge in [-0.05, 0) is 63.2 Å². The van der Waals surface area contributed by atoms with Crippen molar-refractivity contribution in [1.82, 2.24) is 14.7 Å². The number of benzene rings is 2. The van der Waals surface area contributed by atoms with Gasteiger partial charge in [0.1, 0.15) is 28.2 Å². The van der Waals surface area contributed by atoms with Crippen molar-refractivity contribution in [3.63, 3.8) is 0 Å². The van der Waals surface area contributed by atoms with Gasteiger partial charge in [-0.1, -0.05) is 0 Å². The molecule has 1 N–H and O–H groups in total.